The van der Waals surface area contributed by atoms with Gasteiger partial charge in [-0.3, -0.25) is 4.79 Å². The third-order valence-electron chi connectivity index (χ3n) is 3.62. The first-order chi connectivity index (χ1) is 12.6. The second-order valence-electron chi connectivity index (χ2n) is 5.53. The first kappa shape index (κ1) is 17.5. The Bertz CT molecular complexity index is 886. The third kappa shape index (κ3) is 4.60. The maximum Gasteiger partial charge on any atom is 0.271 e. The Labute approximate surface area is 149 Å². The molecule has 0 fully saturated rings. The number of hydrogen-bond acceptors (Lipinski definition) is 4. The summed E-state index contributed by atoms with van der Waals surface area (Å²) in [6, 6.07) is 13.0. The van der Waals surface area contributed by atoms with Crippen LogP contribution in [0.25, 0.3) is 0 Å². The summed E-state index contributed by atoms with van der Waals surface area (Å²) >= 11 is 0. The molecule has 0 atom stereocenters. The van der Waals surface area contributed by atoms with Crippen LogP contribution in [-0.2, 0) is 6.42 Å². The number of benzene rings is 2. The topological polar surface area (TPSA) is 66.9 Å². The van der Waals surface area contributed by atoms with Gasteiger partial charge in [0.05, 0.1) is 18.1 Å². The van der Waals surface area contributed by atoms with Crippen molar-refractivity contribution in [2.75, 3.05) is 11.9 Å². The van der Waals surface area contributed by atoms with Crippen LogP contribution in [0.1, 0.15) is 16.1 Å². The molecular formula is C19H16F2N4O. The molecule has 132 valence electrons. The molecule has 0 spiro atoms. The lowest BCUT2D eigenvalue weighted by Crippen LogP contribution is -2.26. The van der Waals surface area contributed by atoms with Crippen LogP contribution in [0.2, 0.25) is 0 Å². The molecule has 1 aromatic heterocycles. The molecule has 5 nitrogen and oxygen atoms in total. The molecule has 0 bridgehead atoms. The fourth-order valence-electron chi connectivity index (χ4n) is 2.29. The Kier molecular flexibility index (Phi) is 5.48. The standard InChI is InChI=1S/C19H16F2N4O/c20-14-6-7-16(15(21)10-14)25-18-12-23-17(11-24-18)19(26)22-9-8-13-4-2-1-3-5-13/h1-7,10-12H,8-9H2,(H,22,26)(H,24,25). The van der Waals surface area contributed by atoms with Gasteiger partial charge in [-0.15, -0.1) is 0 Å². The van der Waals surface area contributed by atoms with Crippen LogP contribution in [0.15, 0.2) is 60.9 Å². The maximum atomic E-state index is 13.6. The lowest BCUT2D eigenvalue weighted by Gasteiger charge is -2.08. The van der Waals surface area contributed by atoms with E-state index in [2.05, 4.69) is 20.6 Å². The van der Waals surface area contributed by atoms with Gasteiger partial charge in [0.1, 0.15) is 23.1 Å². The molecule has 0 saturated heterocycles. The number of hydrogen-bond donors (Lipinski definition) is 2. The summed E-state index contributed by atoms with van der Waals surface area (Å²) in [5.74, 6) is -1.50. The monoisotopic (exact) mass is 354 g/mol. The van der Waals surface area contributed by atoms with Gasteiger partial charge in [0.2, 0.25) is 0 Å². The molecule has 0 aliphatic heterocycles. The zero-order valence-corrected chi connectivity index (χ0v) is 13.7. The average Bonchev–Trinajstić information content (AvgIpc) is 2.65. The molecular weight excluding hydrogens is 338 g/mol. The third-order valence-corrected chi connectivity index (χ3v) is 3.62. The van der Waals surface area contributed by atoms with Crippen LogP contribution in [0.5, 0.6) is 0 Å². The van der Waals surface area contributed by atoms with E-state index in [4.69, 9.17) is 0 Å². The Balaban J connectivity index is 1.55. The van der Waals surface area contributed by atoms with Gasteiger partial charge in [0.15, 0.2) is 0 Å². The smallest absolute Gasteiger partial charge is 0.271 e. The second-order valence-corrected chi connectivity index (χ2v) is 5.53. The van der Waals surface area contributed by atoms with E-state index in [1.807, 2.05) is 30.3 Å². The number of halogens is 2. The molecule has 1 amide bonds. The molecule has 0 aliphatic rings. The first-order valence-corrected chi connectivity index (χ1v) is 7.98. The number of anilines is 2. The lowest BCUT2D eigenvalue weighted by molar-refractivity contribution is 0.0949. The number of nitrogens with zero attached hydrogens (tertiary/aromatic N) is 2. The van der Waals surface area contributed by atoms with Crippen molar-refractivity contribution in [3.63, 3.8) is 0 Å². The molecule has 0 aliphatic carbocycles. The average molecular weight is 354 g/mol. The Morgan fingerprint density at radius 1 is 1.00 bits per heavy atom. The normalized spacial score (nSPS) is 10.4. The molecule has 0 unspecified atom stereocenters. The highest BCUT2D eigenvalue weighted by Gasteiger charge is 2.09. The van der Waals surface area contributed by atoms with Crippen LogP contribution in [-0.4, -0.2) is 22.4 Å². The molecule has 0 radical (unpaired) electrons. The number of rotatable bonds is 6. The molecule has 0 saturated carbocycles. The van der Waals surface area contributed by atoms with Crippen LogP contribution in [0.3, 0.4) is 0 Å². The molecule has 3 aromatic rings. The number of aromatic nitrogens is 2. The Hall–Kier alpha value is -3.35. The van der Waals surface area contributed by atoms with E-state index < -0.39 is 11.6 Å². The van der Waals surface area contributed by atoms with E-state index in [1.165, 1.54) is 18.5 Å². The van der Waals surface area contributed by atoms with Crippen molar-refractivity contribution in [2.45, 2.75) is 6.42 Å². The molecule has 3 rings (SSSR count). The van der Waals surface area contributed by atoms with Crippen molar-refractivity contribution < 1.29 is 13.6 Å². The van der Waals surface area contributed by atoms with E-state index in [0.717, 1.165) is 17.7 Å². The van der Waals surface area contributed by atoms with E-state index >= 15 is 0 Å². The summed E-state index contributed by atoms with van der Waals surface area (Å²) in [6.07, 6.45) is 3.32. The molecule has 1 heterocycles. The van der Waals surface area contributed by atoms with E-state index in [0.29, 0.717) is 13.0 Å². The number of carbonyl (C=O) groups is 1. The number of carbonyl (C=O) groups excluding carboxylic acids is 1. The summed E-state index contributed by atoms with van der Waals surface area (Å²) in [5.41, 5.74) is 1.35. The SMILES string of the molecule is O=C(NCCc1ccccc1)c1cnc(Nc2ccc(F)cc2F)cn1. The summed E-state index contributed by atoms with van der Waals surface area (Å²) in [5, 5.41) is 5.45. The number of nitrogens with one attached hydrogen (secondary N) is 2. The van der Waals surface area contributed by atoms with Crippen molar-refractivity contribution in [3.8, 4) is 0 Å². The summed E-state index contributed by atoms with van der Waals surface area (Å²) < 4.78 is 26.5. The highest BCUT2D eigenvalue weighted by molar-refractivity contribution is 5.92. The van der Waals surface area contributed by atoms with Gasteiger partial charge in [-0.1, -0.05) is 30.3 Å². The molecule has 2 aromatic carbocycles. The minimum Gasteiger partial charge on any atom is -0.350 e. The fraction of sp³-hybridized carbons (Fsp3) is 0.105. The van der Waals surface area contributed by atoms with E-state index in [1.54, 1.807) is 0 Å². The summed E-state index contributed by atoms with van der Waals surface area (Å²) in [7, 11) is 0. The fourth-order valence-corrected chi connectivity index (χ4v) is 2.29. The van der Waals surface area contributed by atoms with Gasteiger partial charge in [-0.2, -0.15) is 0 Å². The van der Waals surface area contributed by atoms with Crippen molar-refractivity contribution in [1.82, 2.24) is 15.3 Å². The minimum absolute atomic E-state index is 0.0702. The maximum absolute atomic E-state index is 13.6. The highest BCUT2D eigenvalue weighted by atomic mass is 19.1. The summed E-state index contributed by atoms with van der Waals surface area (Å²) in [6.45, 7) is 0.477. The molecule has 7 heteroatoms. The zero-order valence-electron chi connectivity index (χ0n) is 13.7. The first-order valence-electron chi connectivity index (χ1n) is 7.98. The largest absolute Gasteiger partial charge is 0.350 e. The quantitative estimate of drug-likeness (QED) is 0.711. The van der Waals surface area contributed by atoms with Gasteiger partial charge < -0.3 is 10.6 Å². The lowest BCUT2D eigenvalue weighted by atomic mass is 10.1. The van der Waals surface area contributed by atoms with Crippen LogP contribution in [0.4, 0.5) is 20.3 Å². The predicted molar refractivity (Wildman–Crippen MR) is 94.2 cm³/mol. The van der Waals surface area contributed by atoms with Crippen molar-refractivity contribution >= 4 is 17.4 Å². The van der Waals surface area contributed by atoms with Crippen LogP contribution < -0.4 is 10.6 Å². The van der Waals surface area contributed by atoms with Gasteiger partial charge in [0, 0.05) is 12.6 Å². The van der Waals surface area contributed by atoms with Gasteiger partial charge in [0.25, 0.3) is 5.91 Å². The molecule has 26 heavy (non-hydrogen) atoms. The molecule has 2 N–H and O–H groups in total. The number of amides is 1. The van der Waals surface area contributed by atoms with Crippen LogP contribution >= 0.6 is 0 Å². The zero-order chi connectivity index (χ0) is 18.4. The van der Waals surface area contributed by atoms with E-state index in [9.17, 15) is 13.6 Å². The Morgan fingerprint density at radius 2 is 1.81 bits per heavy atom. The predicted octanol–water partition coefficient (Wildman–Crippen LogP) is 3.47. The van der Waals surface area contributed by atoms with Gasteiger partial charge in [-0.25, -0.2) is 18.7 Å². The Morgan fingerprint density at radius 3 is 2.50 bits per heavy atom. The van der Waals surface area contributed by atoms with Gasteiger partial charge in [-0.05, 0) is 24.1 Å². The van der Waals surface area contributed by atoms with Gasteiger partial charge >= 0.3 is 0 Å². The van der Waals surface area contributed by atoms with Crippen LogP contribution in [0, 0.1) is 11.6 Å². The summed E-state index contributed by atoms with van der Waals surface area (Å²) in [4.78, 5) is 20.1. The minimum atomic E-state index is -0.741. The van der Waals surface area contributed by atoms with Crippen molar-refractivity contribution in [1.29, 1.82) is 0 Å². The second kappa shape index (κ2) is 8.15. The van der Waals surface area contributed by atoms with Crippen molar-refractivity contribution in [2.24, 2.45) is 0 Å². The van der Waals surface area contributed by atoms with E-state index in [-0.39, 0.29) is 23.1 Å². The highest BCUT2D eigenvalue weighted by Crippen LogP contribution is 2.18. The van der Waals surface area contributed by atoms with Crippen molar-refractivity contribution in [3.05, 3.63) is 83.8 Å².